The first kappa shape index (κ1) is 15.7. The second-order valence-electron chi connectivity index (χ2n) is 4.40. The lowest BCUT2D eigenvalue weighted by Gasteiger charge is -2.13. The first-order chi connectivity index (χ1) is 8.95. The number of carbonyl (C=O) groups is 1. The average molecular weight is 284 g/mol. The number of anilines is 1. The Kier molecular flexibility index (Phi) is 5.98. The van der Waals surface area contributed by atoms with Gasteiger partial charge in [-0.1, -0.05) is 12.1 Å². The molecule has 0 aliphatic heterocycles. The minimum absolute atomic E-state index is 0.0955. The molecule has 0 spiro atoms. The number of amides is 1. The topological polar surface area (TPSA) is 81.4 Å². The van der Waals surface area contributed by atoms with Gasteiger partial charge in [0.1, 0.15) is 5.75 Å². The molecule has 106 valence electrons. The molecule has 0 radical (unpaired) electrons. The Bertz CT molecular complexity index is 477. The van der Waals surface area contributed by atoms with E-state index in [9.17, 15) is 9.00 Å². The van der Waals surface area contributed by atoms with Gasteiger partial charge in [0.2, 0.25) is 5.91 Å². The number of nitrogens with two attached hydrogens (primary N) is 1. The molecular formula is C13H20N2O3S. The van der Waals surface area contributed by atoms with Gasteiger partial charge in [-0.3, -0.25) is 9.00 Å². The largest absolute Gasteiger partial charge is 0.398 e. The zero-order chi connectivity index (χ0) is 14.4. The number of carbonyl (C=O) groups excluding carboxylic acids is 1. The van der Waals surface area contributed by atoms with Gasteiger partial charge in [0.05, 0.1) is 28.0 Å². The van der Waals surface area contributed by atoms with E-state index in [4.69, 9.17) is 10.5 Å². The van der Waals surface area contributed by atoms with E-state index in [1.807, 2.05) is 19.9 Å². The van der Waals surface area contributed by atoms with Gasteiger partial charge in [0.25, 0.3) is 0 Å². The van der Waals surface area contributed by atoms with Gasteiger partial charge in [-0.05, 0) is 25.5 Å². The van der Waals surface area contributed by atoms with Gasteiger partial charge in [-0.2, -0.15) is 0 Å². The van der Waals surface area contributed by atoms with Gasteiger partial charge in [-0.15, -0.1) is 0 Å². The molecule has 2 unspecified atom stereocenters. The van der Waals surface area contributed by atoms with E-state index in [0.717, 1.165) is 5.56 Å². The Balaban J connectivity index is 2.64. The van der Waals surface area contributed by atoms with Gasteiger partial charge in [0, 0.05) is 13.2 Å². The molecule has 1 aromatic rings. The summed E-state index contributed by atoms with van der Waals surface area (Å²) in [5, 5.41) is 2.72. The summed E-state index contributed by atoms with van der Waals surface area (Å²) in [5.41, 5.74) is 7.21. The lowest BCUT2D eigenvalue weighted by molar-refractivity contribution is -0.119. The number of nitrogens with one attached hydrogen (secondary N) is 1. The maximum absolute atomic E-state index is 12.1. The van der Waals surface area contributed by atoms with Crippen LogP contribution in [-0.2, 0) is 20.3 Å². The number of benzene rings is 1. The molecule has 1 aromatic carbocycles. The van der Waals surface area contributed by atoms with Gasteiger partial charge < -0.3 is 15.8 Å². The third kappa shape index (κ3) is 4.65. The second kappa shape index (κ2) is 7.25. The minimum Gasteiger partial charge on any atom is -0.398 e. The van der Waals surface area contributed by atoms with Crippen LogP contribution in [0.15, 0.2) is 23.1 Å². The van der Waals surface area contributed by atoms with Gasteiger partial charge in [0.15, 0.2) is 0 Å². The van der Waals surface area contributed by atoms with Crippen LogP contribution in [-0.4, -0.2) is 35.6 Å². The van der Waals surface area contributed by atoms with Gasteiger partial charge >= 0.3 is 0 Å². The summed E-state index contributed by atoms with van der Waals surface area (Å²) < 4.78 is 17.0. The predicted octanol–water partition coefficient (Wildman–Crippen LogP) is 0.836. The molecule has 3 N–H and O–H groups in total. The molecule has 5 nitrogen and oxygen atoms in total. The number of hydrogen-bond donors (Lipinski definition) is 2. The molecule has 2 atom stereocenters. The van der Waals surface area contributed by atoms with E-state index in [1.165, 1.54) is 0 Å². The Labute approximate surface area is 116 Å². The Hall–Kier alpha value is -1.40. The van der Waals surface area contributed by atoms with Crippen molar-refractivity contribution in [2.24, 2.45) is 0 Å². The molecule has 0 aliphatic carbocycles. The predicted molar refractivity (Wildman–Crippen MR) is 76.3 cm³/mol. The van der Waals surface area contributed by atoms with Crippen molar-refractivity contribution in [3.05, 3.63) is 23.8 Å². The molecular weight excluding hydrogens is 264 g/mol. The lowest BCUT2D eigenvalue weighted by atomic mass is 10.2. The van der Waals surface area contributed by atoms with Crippen LogP contribution in [0.5, 0.6) is 0 Å². The summed E-state index contributed by atoms with van der Waals surface area (Å²) in [6, 6.07) is 5.20. The zero-order valence-electron chi connectivity index (χ0n) is 11.4. The smallest absolute Gasteiger partial charge is 0.233 e. The summed E-state index contributed by atoms with van der Waals surface area (Å²) in [7, 11) is 0.130. The number of nitrogen functional groups attached to an aromatic ring is 1. The number of aryl methyl sites for hydroxylation is 1. The molecule has 19 heavy (non-hydrogen) atoms. The third-order valence-electron chi connectivity index (χ3n) is 2.62. The highest BCUT2D eigenvalue weighted by atomic mass is 32.2. The minimum atomic E-state index is -1.43. The van der Waals surface area contributed by atoms with Crippen LogP contribution in [0.4, 0.5) is 5.69 Å². The van der Waals surface area contributed by atoms with Crippen molar-refractivity contribution < 1.29 is 13.7 Å². The van der Waals surface area contributed by atoms with Crippen LogP contribution in [0, 0.1) is 6.92 Å². The molecule has 1 amide bonds. The summed E-state index contributed by atoms with van der Waals surface area (Å²) >= 11 is 0. The highest BCUT2D eigenvalue weighted by molar-refractivity contribution is 7.86. The second-order valence-corrected chi connectivity index (χ2v) is 5.82. The van der Waals surface area contributed by atoms with Crippen molar-refractivity contribution in [2.45, 2.75) is 24.8 Å². The summed E-state index contributed by atoms with van der Waals surface area (Å²) in [6.45, 7) is 4.09. The zero-order valence-corrected chi connectivity index (χ0v) is 12.3. The fraction of sp³-hybridized carbons (Fsp3) is 0.462. The highest BCUT2D eigenvalue weighted by Gasteiger charge is 2.15. The fourth-order valence-corrected chi connectivity index (χ4v) is 2.77. The molecule has 0 heterocycles. The van der Waals surface area contributed by atoms with Crippen molar-refractivity contribution in [3.8, 4) is 0 Å². The van der Waals surface area contributed by atoms with E-state index in [2.05, 4.69) is 5.32 Å². The normalized spacial score (nSPS) is 13.8. The quantitative estimate of drug-likeness (QED) is 0.758. The van der Waals surface area contributed by atoms with Crippen LogP contribution in [0.25, 0.3) is 0 Å². The van der Waals surface area contributed by atoms with Gasteiger partial charge in [-0.25, -0.2) is 0 Å². The number of methoxy groups -OCH3 is 1. The molecule has 0 saturated carbocycles. The number of rotatable bonds is 6. The molecule has 0 saturated heterocycles. The van der Waals surface area contributed by atoms with Crippen molar-refractivity contribution in [1.82, 2.24) is 5.32 Å². The molecule has 6 heteroatoms. The van der Waals surface area contributed by atoms with E-state index in [0.29, 0.717) is 17.2 Å². The maximum atomic E-state index is 12.1. The van der Waals surface area contributed by atoms with Crippen LogP contribution < -0.4 is 11.1 Å². The molecule has 0 bridgehead atoms. The monoisotopic (exact) mass is 284 g/mol. The Morgan fingerprint density at radius 1 is 1.53 bits per heavy atom. The van der Waals surface area contributed by atoms with Crippen molar-refractivity contribution in [1.29, 1.82) is 0 Å². The first-order valence-electron chi connectivity index (χ1n) is 5.97. The third-order valence-corrected chi connectivity index (χ3v) is 3.99. The first-order valence-corrected chi connectivity index (χ1v) is 7.29. The van der Waals surface area contributed by atoms with Crippen LogP contribution >= 0.6 is 0 Å². The SMILES string of the molecule is COCC(C)NC(=O)CS(=O)c1cccc(C)c1N. The van der Waals surface area contributed by atoms with E-state index in [1.54, 1.807) is 19.2 Å². The highest BCUT2D eigenvalue weighted by Crippen LogP contribution is 2.20. The van der Waals surface area contributed by atoms with E-state index in [-0.39, 0.29) is 17.7 Å². The molecule has 0 aliphatic rings. The van der Waals surface area contributed by atoms with Crippen LogP contribution in [0.3, 0.4) is 0 Å². The number of ether oxygens (including phenoxy) is 1. The maximum Gasteiger partial charge on any atom is 0.233 e. The van der Waals surface area contributed by atoms with Crippen LogP contribution in [0.1, 0.15) is 12.5 Å². The number of para-hydroxylation sites is 1. The Morgan fingerprint density at radius 3 is 2.84 bits per heavy atom. The fourth-order valence-electron chi connectivity index (χ4n) is 1.66. The lowest BCUT2D eigenvalue weighted by Crippen LogP contribution is -2.38. The molecule has 0 fully saturated rings. The van der Waals surface area contributed by atoms with E-state index >= 15 is 0 Å². The number of hydrogen-bond acceptors (Lipinski definition) is 4. The van der Waals surface area contributed by atoms with Crippen molar-refractivity contribution in [2.75, 3.05) is 25.2 Å². The van der Waals surface area contributed by atoms with Crippen molar-refractivity contribution >= 4 is 22.4 Å². The summed E-state index contributed by atoms with van der Waals surface area (Å²) in [6.07, 6.45) is 0. The van der Waals surface area contributed by atoms with E-state index < -0.39 is 10.8 Å². The average Bonchev–Trinajstić information content (AvgIpc) is 2.32. The standard InChI is InChI=1S/C13H20N2O3S/c1-9-5-4-6-11(13(9)14)19(17)8-12(16)15-10(2)7-18-3/h4-6,10H,7-8,14H2,1-3H3,(H,15,16). The van der Waals surface area contributed by atoms with Crippen molar-refractivity contribution in [3.63, 3.8) is 0 Å². The molecule has 0 aromatic heterocycles. The summed E-state index contributed by atoms with van der Waals surface area (Å²) in [4.78, 5) is 12.2. The Morgan fingerprint density at radius 2 is 2.21 bits per heavy atom. The molecule has 1 rings (SSSR count). The summed E-state index contributed by atoms with van der Waals surface area (Å²) in [5.74, 6) is -0.370. The van der Waals surface area contributed by atoms with Crippen LogP contribution in [0.2, 0.25) is 0 Å².